The zero-order chi connectivity index (χ0) is 16.7. The van der Waals surface area contributed by atoms with Crippen molar-refractivity contribution >= 4 is 43.4 Å². The van der Waals surface area contributed by atoms with Gasteiger partial charge in [0, 0.05) is 18.9 Å². The highest BCUT2D eigenvalue weighted by atomic mass is 79.9. The third kappa shape index (κ3) is 3.58. The van der Waals surface area contributed by atoms with Crippen LogP contribution in [-0.2, 0) is 15.0 Å². The maximum atomic E-state index is 13.3. The van der Waals surface area contributed by atoms with Crippen LogP contribution in [0.25, 0.3) is 0 Å². The van der Waals surface area contributed by atoms with Gasteiger partial charge in [-0.15, -0.1) is 3.89 Å². The Hall–Kier alpha value is -1.62. The van der Waals surface area contributed by atoms with Gasteiger partial charge in [-0.1, -0.05) is 0 Å². The maximum Gasteiger partial charge on any atom is 0.302 e. The smallest absolute Gasteiger partial charge is 0.302 e. The Kier molecular flexibility index (Phi) is 4.47. The largest absolute Gasteiger partial charge is 0.305 e. The molecule has 0 spiro atoms. The molecule has 11 heteroatoms. The van der Waals surface area contributed by atoms with Gasteiger partial charge in [0.1, 0.15) is 11.5 Å². The minimum atomic E-state index is -4.76. The third-order valence-electron chi connectivity index (χ3n) is 3.11. The molecule has 0 aromatic heterocycles. The Morgan fingerprint density at radius 3 is 2.64 bits per heavy atom. The van der Waals surface area contributed by atoms with E-state index in [4.69, 9.17) is 0 Å². The summed E-state index contributed by atoms with van der Waals surface area (Å²) in [5.41, 5.74) is -0.806. The van der Waals surface area contributed by atoms with Gasteiger partial charge in [-0.05, 0) is 22.0 Å². The molecular formula is C11H9BrF2N2O5S. The first-order valence-corrected chi connectivity index (χ1v) is 8.29. The first kappa shape index (κ1) is 16.7. The summed E-state index contributed by atoms with van der Waals surface area (Å²) < 4.78 is 47.3. The van der Waals surface area contributed by atoms with Gasteiger partial charge in [0.05, 0.1) is 21.2 Å². The molecule has 1 unspecified atom stereocenters. The second-order valence-electron chi connectivity index (χ2n) is 4.79. The molecule has 22 heavy (non-hydrogen) atoms. The van der Waals surface area contributed by atoms with Gasteiger partial charge in [-0.2, -0.15) is 8.42 Å². The molecule has 0 saturated carbocycles. The number of carbonyl (C=O) groups is 1. The average Bonchev–Trinajstić information content (AvgIpc) is 2.66. The normalized spacial score (nSPS) is 18.8. The van der Waals surface area contributed by atoms with Crippen molar-refractivity contribution in [1.29, 1.82) is 0 Å². The highest BCUT2D eigenvalue weighted by molar-refractivity contribution is 9.10. The number of rotatable bonds is 4. The number of nitrogens with zero attached hydrogens (tertiary/aromatic N) is 2. The summed E-state index contributed by atoms with van der Waals surface area (Å²) in [7, 11) is -4.76. The molecule has 120 valence electrons. The van der Waals surface area contributed by atoms with Crippen molar-refractivity contribution in [3.8, 4) is 0 Å². The molecule has 1 aromatic rings. The number of halogens is 3. The summed E-state index contributed by atoms with van der Waals surface area (Å²) in [5.74, 6) is -3.12. The van der Waals surface area contributed by atoms with E-state index in [0.717, 1.165) is 11.0 Å². The SMILES string of the molecule is O=C1CC(CS(=O)(=O)F)CN1c1c(Br)cc(F)cc1[N+](=O)[O-]. The Morgan fingerprint density at radius 2 is 2.09 bits per heavy atom. The predicted molar refractivity (Wildman–Crippen MR) is 76.1 cm³/mol. The molecule has 7 nitrogen and oxygen atoms in total. The number of amides is 1. The van der Waals surface area contributed by atoms with Gasteiger partial charge in [0.25, 0.3) is 5.69 Å². The van der Waals surface area contributed by atoms with Crippen molar-refractivity contribution in [2.24, 2.45) is 5.92 Å². The fourth-order valence-corrected chi connectivity index (χ4v) is 3.77. The molecule has 1 atom stereocenters. The second-order valence-corrected chi connectivity index (χ2v) is 7.06. The molecule has 1 saturated heterocycles. The molecule has 0 N–H and O–H groups in total. The Bertz CT molecular complexity index is 755. The molecule has 1 aromatic carbocycles. The van der Waals surface area contributed by atoms with Gasteiger partial charge >= 0.3 is 10.2 Å². The average molecular weight is 399 g/mol. The molecule has 0 radical (unpaired) electrons. The molecule has 1 heterocycles. The van der Waals surface area contributed by atoms with Gasteiger partial charge in [-0.3, -0.25) is 14.9 Å². The first-order valence-electron chi connectivity index (χ1n) is 5.94. The second kappa shape index (κ2) is 5.88. The van der Waals surface area contributed by atoms with Crippen LogP contribution in [0.15, 0.2) is 16.6 Å². The summed E-state index contributed by atoms with van der Waals surface area (Å²) in [4.78, 5) is 23.1. The summed E-state index contributed by atoms with van der Waals surface area (Å²) in [5, 5.41) is 11.0. The number of hydrogen-bond acceptors (Lipinski definition) is 5. The lowest BCUT2D eigenvalue weighted by Gasteiger charge is -2.18. The van der Waals surface area contributed by atoms with Gasteiger partial charge < -0.3 is 4.90 Å². The number of hydrogen-bond donors (Lipinski definition) is 0. The van der Waals surface area contributed by atoms with Crippen LogP contribution in [0.4, 0.5) is 19.7 Å². The fraction of sp³-hybridized carbons (Fsp3) is 0.364. The summed E-state index contributed by atoms with van der Waals surface area (Å²) in [6, 6.07) is 1.61. The van der Waals surface area contributed by atoms with Crippen LogP contribution in [0.3, 0.4) is 0 Å². The lowest BCUT2D eigenvalue weighted by atomic mass is 10.1. The molecule has 1 aliphatic rings. The van der Waals surface area contributed by atoms with Crippen LogP contribution >= 0.6 is 15.9 Å². The van der Waals surface area contributed by atoms with Gasteiger partial charge in [0.2, 0.25) is 5.91 Å². The molecule has 0 aliphatic carbocycles. The van der Waals surface area contributed by atoms with Crippen LogP contribution in [-0.4, -0.2) is 31.5 Å². The van der Waals surface area contributed by atoms with Gasteiger partial charge in [0.15, 0.2) is 0 Å². The molecule has 1 amide bonds. The van der Waals surface area contributed by atoms with Crippen molar-refractivity contribution in [2.45, 2.75) is 6.42 Å². The van der Waals surface area contributed by atoms with E-state index >= 15 is 0 Å². The fourth-order valence-electron chi connectivity index (χ4n) is 2.35. The van der Waals surface area contributed by atoms with Crippen molar-refractivity contribution < 1.29 is 26.4 Å². The van der Waals surface area contributed by atoms with Crippen LogP contribution < -0.4 is 4.90 Å². The minimum absolute atomic E-state index is 0.0173. The first-order chi connectivity index (χ1) is 10.1. The number of anilines is 1. The van der Waals surface area contributed by atoms with Gasteiger partial charge in [-0.25, -0.2) is 4.39 Å². The van der Waals surface area contributed by atoms with E-state index in [2.05, 4.69) is 15.9 Å². The Balaban J connectivity index is 2.40. The number of benzene rings is 1. The summed E-state index contributed by atoms with van der Waals surface area (Å²) in [6.45, 7) is -0.201. The minimum Gasteiger partial charge on any atom is -0.305 e. The lowest BCUT2D eigenvalue weighted by molar-refractivity contribution is -0.384. The van der Waals surface area contributed by atoms with E-state index in [1.165, 1.54) is 0 Å². The summed E-state index contributed by atoms with van der Waals surface area (Å²) >= 11 is 2.95. The molecule has 0 bridgehead atoms. The zero-order valence-corrected chi connectivity index (χ0v) is 13.2. The molecule has 1 fully saturated rings. The maximum absolute atomic E-state index is 13.3. The Labute approximate surface area is 132 Å². The van der Waals surface area contributed by atoms with Crippen molar-refractivity contribution in [3.63, 3.8) is 0 Å². The Morgan fingerprint density at radius 1 is 1.45 bits per heavy atom. The topological polar surface area (TPSA) is 97.6 Å². The number of carbonyl (C=O) groups excluding carboxylic acids is 1. The monoisotopic (exact) mass is 398 g/mol. The standard InChI is InChI=1S/C11H9BrF2N2O5S/c12-8-2-7(13)3-9(16(18)19)11(8)15-4-6(1-10(15)17)5-22(14,20)21/h2-3,6H,1,4-5H2. The van der Waals surface area contributed by atoms with Crippen LogP contribution in [0, 0.1) is 21.8 Å². The van der Waals surface area contributed by atoms with Crippen LogP contribution in [0.5, 0.6) is 0 Å². The zero-order valence-electron chi connectivity index (χ0n) is 10.8. The summed E-state index contributed by atoms with van der Waals surface area (Å²) in [6.07, 6.45) is -0.260. The van der Waals surface area contributed by atoms with Crippen molar-refractivity contribution in [1.82, 2.24) is 0 Å². The van der Waals surface area contributed by atoms with E-state index in [0.29, 0.717) is 6.07 Å². The number of nitro groups is 1. The highest BCUT2D eigenvalue weighted by Gasteiger charge is 2.37. The van der Waals surface area contributed by atoms with E-state index in [9.17, 15) is 31.6 Å². The quantitative estimate of drug-likeness (QED) is 0.439. The van der Waals surface area contributed by atoms with E-state index in [-0.39, 0.29) is 23.1 Å². The van der Waals surface area contributed by atoms with E-state index in [1.54, 1.807) is 0 Å². The number of nitro benzene ring substituents is 1. The van der Waals surface area contributed by atoms with Crippen molar-refractivity contribution in [3.05, 3.63) is 32.5 Å². The van der Waals surface area contributed by atoms with Crippen LogP contribution in [0.2, 0.25) is 0 Å². The lowest BCUT2D eigenvalue weighted by Crippen LogP contribution is -2.26. The molecule has 2 rings (SSSR count). The van der Waals surface area contributed by atoms with E-state index in [1.807, 2.05) is 0 Å². The van der Waals surface area contributed by atoms with Crippen LogP contribution in [0.1, 0.15) is 6.42 Å². The molecule has 1 aliphatic heterocycles. The molecular weight excluding hydrogens is 390 g/mol. The van der Waals surface area contributed by atoms with Crippen molar-refractivity contribution in [2.75, 3.05) is 17.2 Å². The predicted octanol–water partition coefficient (Wildman–Crippen LogP) is 2.15. The van der Waals surface area contributed by atoms with E-state index < -0.39 is 44.2 Å². The highest BCUT2D eigenvalue weighted by Crippen LogP contribution is 2.39. The third-order valence-corrected chi connectivity index (χ3v) is 4.59.